The smallest absolute Gasteiger partial charge is 0.00690 e. The van der Waals surface area contributed by atoms with E-state index in [9.17, 15) is 0 Å². The van der Waals surface area contributed by atoms with Gasteiger partial charge in [-0.3, -0.25) is 0 Å². The maximum absolute atomic E-state index is 5.76. The normalized spacial score (nSPS) is 12.0. The van der Waals surface area contributed by atoms with Gasteiger partial charge in [-0.05, 0) is 86.4 Å². The minimum atomic E-state index is 0.173. The van der Waals surface area contributed by atoms with Gasteiger partial charge in [0.1, 0.15) is 0 Å². The third-order valence-corrected chi connectivity index (χ3v) is 4.45. The van der Waals surface area contributed by atoms with Crippen LogP contribution < -0.4 is 5.73 Å². The zero-order valence-electron chi connectivity index (χ0n) is 12.5. The van der Waals surface area contributed by atoms with Crippen LogP contribution in [0.3, 0.4) is 0 Å². The molecule has 0 amide bonds. The van der Waals surface area contributed by atoms with Crippen molar-refractivity contribution in [1.29, 1.82) is 0 Å². The van der Waals surface area contributed by atoms with Crippen molar-refractivity contribution in [3.8, 4) is 0 Å². The summed E-state index contributed by atoms with van der Waals surface area (Å²) in [5, 5.41) is 0. The van der Waals surface area contributed by atoms with E-state index in [1.807, 2.05) is 0 Å². The number of nitrogens with two attached hydrogens (primary N) is 1. The molecule has 0 radical (unpaired) electrons. The molecule has 0 atom stereocenters. The summed E-state index contributed by atoms with van der Waals surface area (Å²) < 4.78 is 0. The summed E-state index contributed by atoms with van der Waals surface area (Å²) in [4.78, 5) is 0. The highest BCUT2D eigenvalue weighted by Crippen LogP contribution is 2.36. The van der Waals surface area contributed by atoms with Crippen molar-refractivity contribution < 1.29 is 0 Å². The van der Waals surface area contributed by atoms with E-state index in [0.717, 1.165) is 13.0 Å². The molecule has 0 aliphatic rings. The summed E-state index contributed by atoms with van der Waals surface area (Å²) in [5.74, 6) is 0. The molecular formula is C16H27N. The van der Waals surface area contributed by atoms with Gasteiger partial charge in [0.15, 0.2) is 0 Å². The van der Waals surface area contributed by atoms with Gasteiger partial charge in [0.25, 0.3) is 0 Å². The van der Waals surface area contributed by atoms with Crippen LogP contribution >= 0.6 is 0 Å². The first kappa shape index (κ1) is 14.2. The van der Waals surface area contributed by atoms with E-state index in [4.69, 9.17) is 5.73 Å². The van der Waals surface area contributed by atoms with Crippen LogP contribution in [0.5, 0.6) is 0 Å². The van der Waals surface area contributed by atoms with Crippen molar-refractivity contribution in [2.45, 2.75) is 60.3 Å². The van der Waals surface area contributed by atoms with Crippen molar-refractivity contribution >= 4 is 0 Å². The molecular weight excluding hydrogens is 206 g/mol. The molecule has 0 saturated heterocycles. The van der Waals surface area contributed by atoms with Crippen LogP contribution in [-0.2, 0) is 5.41 Å². The van der Waals surface area contributed by atoms with Gasteiger partial charge in [0, 0.05) is 0 Å². The molecule has 0 aromatic heterocycles. The maximum atomic E-state index is 5.76. The zero-order chi connectivity index (χ0) is 13.4. The second kappa shape index (κ2) is 4.81. The molecule has 1 aromatic rings. The fourth-order valence-corrected chi connectivity index (χ4v) is 3.00. The number of hydrogen-bond donors (Lipinski definition) is 1. The maximum Gasteiger partial charge on any atom is -0.00690 e. The van der Waals surface area contributed by atoms with Gasteiger partial charge in [-0.2, -0.15) is 0 Å². The average molecular weight is 233 g/mol. The van der Waals surface area contributed by atoms with Crippen LogP contribution in [0.15, 0.2) is 0 Å². The summed E-state index contributed by atoms with van der Waals surface area (Å²) in [6, 6.07) is 0. The SMILES string of the molecule is Cc1c(C)c(C)c(C(C)(C)CCN)c(C)c1C. The van der Waals surface area contributed by atoms with E-state index in [1.54, 1.807) is 0 Å². The molecule has 1 aromatic carbocycles. The largest absolute Gasteiger partial charge is 0.330 e. The van der Waals surface area contributed by atoms with Crippen molar-refractivity contribution in [2.75, 3.05) is 6.54 Å². The molecule has 0 aliphatic heterocycles. The third kappa shape index (κ3) is 2.40. The monoisotopic (exact) mass is 233 g/mol. The quantitative estimate of drug-likeness (QED) is 0.843. The Morgan fingerprint density at radius 1 is 0.765 bits per heavy atom. The van der Waals surface area contributed by atoms with E-state index in [0.29, 0.717) is 0 Å². The van der Waals surface area contributed by atoms with Crippen LogP contribution in [0.25, 0.3) is 0 Å². The van der Waals surface area contributed by atoms with Crippen molar-refractivity contribution in [2.24, 2.45) is 5.73 Å². The molecule has 0 heterocycles. The summed E-state index contributed by atoms with van der Waals surface area (Å²) in [7, 11) is 0. The molecule has 2 N–H and O–H groups in total. The van der Waals surface area contributed by atoms with Gasteiger partial charge in [-0.25, -0.2) is 0 Å². The summed E-state index contributed by atoms with van der Waals surface area (Å²) in [6.45, 7) is 16.6. The number of benzene rings is 1. The predicted octanol–water partition coefficient (Wildman–Crippen LogP) is 3.86. The summed E-state index contributed by atoms with van der Waals surface area (Å²) in [6.07, 6.45) is 1.04. The lowest BCUT2D eigenvalue weighted by atomic mass is 9.74. The zero-order valence-corrected chi connectivity index (χ0v) is 12.5. The first-order valence-corrected chi connectivity index (χ1v) is 6.51. The minimum absolute atomic E-state index is 0.173. The first-order valence-electron chi connectivity index (χ1n) is 6.51. The van der Waals surface area contributed by atoms with E-state index < -0.39 is 0 Å². The predicted molar refractivity (Wildman–Crippen MR) is 76.8 cm³/mol. The fourth-order valence-electron chi connectivity index (χ4n) is 3.00. The molecule has 0 bridgehead atoms. The van der Waals surface area contributed by atoms with Gasteiger partial charge in [-0.15, -0.1) is 0 Å². The van der Waals surface area contributed by atoms with Crippen LogP contribution in [-0.4, -0.2) is 6.54 Å². The lowest BCUT2D eigenvalue weighted by Gasteiger charge is -2.31. The Kier molecular flexibility index (Phi) is 4.03. The molecule has 1 rings (SSSR count). The Morgan fingerprint density at radius 3 is 1.47 bits per heavy atom. The van der Waals surface area contributed by atoms with Crippen LogP contribution in [0.1, 0.15) is 53.6 Å². The van der Waals surface area contributed by atoms with E-state index in [-0.39, 0.29) is 5.41 Å². The van der Waals surface area contributed by atoms with Gasteiger partial charge in [0.05, 0.1) is 0 Å². The summed E-state index contributed by atoms with van der Waals surface area (Å²) in [5.41, 5.74) is 14.6. The third-order valence-electron chi connectivity index (χ3n) is 4.45. The molecule has 1 heteroatoms. The lowest BCUT2D eigenvalue weighted by Crippen LogP contribution is -2.25. The Bertz CT molecular complexity index is 399. The Balaban J connectivity index is 3.54. The first-order chi connectivity index (χ1) is 7.74. The molecule has 0 unspecified atom stereocenters. The van der Waals surface area contributed by atoms with Gasteiger partial charge in [0.2, 0.25) is 0 Å². The van der Waals surface area contributed by atoms with E-state index in [2.05, 4.69) is 48.5 Å². The second-order valence-electron chi connectivity index (χ2n) is 5.92. The fraction of sp³-hybridized carbons (Fsp3) is 0.625. The van der Waals surface area contributed by atoms with Crippen molar-refractivity contribution in [3.63, 3.8) is 0 Å². The molecule has 96 valence electrons. The molecule has 0 aliphatic carbocycles. The molecule has 0 fully saturated rings. The second-order valence-corrected chi connectivity index (χ2v) is 5.92. The van der Waals surface area contributed by atoms with Crippen molar-refractivity contribution in [1.82, 2.24) is 0 Å². The highest BCUT2D eigenvalue weighted by molar-refractivity contribution is 5.52. The van der Waals surface area contributed by atoms with Crippen LogP contribution in [0, 0.1) is 34.6 Å². The Labute approximate surface area is 106 Å². The highest BCUT2D eigenvalue weighted by atomic mass is 14.5. The number of rotatable bonds is 3. The van der Waals surface area contributed by atoms with Gasteiger partial charge < -0.3 is 5.73 Å². The highest BCUT2D eigenvalue weighted by Gasteiger charge is 2.26. The average Bonchev–Trinajstić information content (AvgIpc) is 2.23. The van der Waals surface area contributed by atoms with Crippen molar-refractivity contribution in [3.05, 3.63) is 33.4 Å². The van der Waals surface area contributed by atoms with E-state index in [1.165, 1.54) is 33.4 Å². The van der Waals surface area contributed by atoms with Gasteiger partial charge >= 0.3 is 0 Å². The summed E-state index contributed by atoms with van der Waals surface area (Å²) >= 11 is 0. The molecule has 1 nitrogen and oxygen atoms in total. The van der Waals surface area contributed by atoms with Gasteiger partial charge in [-0.1, -0.05) is 13.8 Å². The molecule has 0 saturated carbocycles. The Hall–Kier alpha value is -0.820. The van der Waals surface area contributed by atoms with Crippen LogP contribution in [0.4, 0.5) is 0 Å². The lowest BCUT2D eigenvalue weighted by molar-refractivity contribution is 0.481. The number of hydrogen-bond acceptors (Lipinski definition) is 1. The molecule has 17 heavy (non-hydrogen) atoms. The minimum Gasteiger partial charge on any atom is -0.330 e. The standard InChI is InChI=1S/C16H27N/c1-10-11(2)13(4)15(14(5)12(10)3)16(6,7)8-9-17/h8-9,17H2,1-7H3. The molecule has 0 spiro atoms. The topological polar surface area (TPSA) is 26.0 Å². The van der Waals surface area contributed by atoms with Crippen LogP contribution in [0.2, 0.25) is 0 Å². The van der Waals surface area contributed by atoms with E-state index >= 15 is 0 Å². The Morgan fingerprint density at radius 2 is 1.12 bits per heavy atom.